The van der Waals surface area contributed by atoms with Crippen molar-refractivity contribution in [1.82, 2.24) is 10.2 Å². The third kappa shape index (κ3) is 5.05. The number of likely N-dealkylation sites (N-methyl/N-ethyl adjacent to an activating group) is 1. The van der Waals surface area contributed by atoms with E-state index in [0.29, 0.717) is 6.54 Å². The van der Waals surface area contributed by atoms with Crippen molar-refractivity contribution >= 4 is 12.0 Å². The van der Waals surface area contributed by atoms with Gasteiger partial charge in [0.2, 0.25) is 5.91 Å². The van der Waals surface area contributed by atoms with Gasteiger partial charge in [-0.2, -0.15) is 0 Å². The van der Waals surface area contributed by atoms with Gasteiger partial charge in [-0.1, -0.05) is 6.92 Å². The summed E-state index contributed by atoms with van der Waals surface area (Å²) < 4.78 is 4.32. The van der Waals surface area contributed by atoms with Gasteiger partial charge in [-0.25, -0.2) is 4.79 Å². The molecule has 0 aromatic carbocycles. The van der Waals surface area contributed by atoms with Crippen LogP contribution in [0.5, 0.6) is 0 Å². The molecule has 0 fully saturated rings. The summed E-state index contributed by atoms with van der Waals surface area (Å²) in [5, 5.41) is 2.32. The lowest BCUT2D eigenvalue weighted by Crippen LogP contribution is -2.38. The van der Waals surface area contributed by atoms with Crippen LogP contribution in [0.3, 0.4) is 0 Å². The van der Waals surface area contributed by atoms with Gasteiger partial charge in [-0.15, -0.1) is 0 Å². The molecule has 0 aromatic heterocycles. The zero-order valence-corrected chi connectivity index (χ0v) is 8.29. The first-order valence-corrected chi connectivity index (χ1v) is 4.17. The van der Waals surface area contributed by atoms with Crippen molar-refractivity contribution in [2.24, 2.45) is 0 Å². The van der Waals surface area contributed by atoms with E-state index in [4.69, 9.17) is 0 Å². The molecule has 0 saturated carbocycles. The van der Waals surface area contributed by atoms with Gasteiger partial charge in [0.1, 0.15) is 6.54 Å². The molecule has 0 atom stereocenters. The zero-order valence-electron chi connectivity index (χ0n) is 8.29. The van der Waals surface area contributed by atoms with Crippen LogP contribution in [-0.2, 0) is 9.53 Å². The second-order valence-electron chi connectivity index (χ2n) is 2.66. The van der Waals surface area contributed by atoms with E-state index in [0.717, 1.165) is 6.42 Å². The maximum absolute atomic E-state index is 11.2. The van der Waals surface area contributed by atoms with Crippen molar-refractivity contribution in [2.45, 2.75) is 13.3 Å². The van der Waals surface area contributed by atoms with Crippen molar-refractivity contribution in [1.29, 1.82) is 0 Å². The topological polar surface area (TPSA) is 58.6 Å². The van der Waals surface area contributed by atoms with Crippen LogP contribution < -0.4 is 5.32 Å². The van der Waals surface area contributed by atoms with Crippen LogP contribution in [0.4, 0.5) is 4.79 Å². The minimum atomic E-state index is -0.585. The molecule has 13 heavy (non-hydrogen) atoms. The summed E-state index contributed by atoms with van der Waals surface area (Å²) in [4.78, 5) is 23.4. The smallest absolute Gasteiger partial charge is 0.407 e. The highest BCUT2D eigenvalue weighted by Crippen LogP contribution is 1.86. The lowest BCUT2D eigenvalue weighted by molar-refractivity contribution is -0.128. The Balaban J connectivity index is 3.67. The largest absolute Gasteiger partial charge is 0.453 e. The van der Waals surface area contributed by atoms with Crippen LogP contribution in [0.2, 0.25) is 0 Å². The fourth-order valence-corrected chi connectivity index (χ4v) is 0.815. The molecule has 76 valence electrons. The Morgan fingerprint density at radius 1 is 1.46 bits per heavy atom. The van der Waals surface area contributed by atoms with E-state index in [1.807, 2.05) is 6.92 Å². The number of carbonyl (C=O) groups is 2. The average molecular weight is 188 g/mol. The number of nitrogens with one attached hydrogen (secondary N) is 1. The monoisotopic (exact) mass is 188 g/mol. The number of amides is 2. The molecule has 0 radical (unpaired) electrons. The van der Waals surface area contributed by atoms with Gasteiger partial charge in [-0.05, 0) is 6.42 Å². The van der Waals surface area contributed by atoms with Gasteiger partial charge < -0.3 is 15.0 Å². The number of methoxy groups -OCH3 is 1. The molecule has 0 aliphatic heterocycles. The Kier molecular flexibility index (Phi) is 5.67. The molecular formula is C8H16N2O3. The normalized spacial score (nSPS) is 9.15. The Bertz CT molecular complexity index is 182. The third-order valence-electron chi connectivity index (χ3n) is 1.55. The molecule has 0 aliphatic rings. The highest BCUT2D eigenvalue weighted by atomic mass is 16.5. The second-order valence-corrected chi connectivity index (χ2v) is 2.66. The first-order chi connectivity index (χ1) is 6.11. The molecular weight excluding hydrogens is 172 g/mol. The quantitative estimate of drug-likeness (QED) is 0.686. The van der Waals surface area contributed by atoms with E-state index in [1.165, 1.54) is 7.11 Å². The van der Waals surface area contributed by atoms with Gasteiger partial charge >= 0.3 is 6.09 Å². The van der Waals surface area contributed by atoms with Crippen LogP contribution in [0.1, 0.15) is 13.3 Å². The van der Waals surface area contributed by atoms with Gasteiger partial charge in [0.05, 0.1) is 7.11 Å². The van der Waals surface area contributed by atoms with Gasteiger partial charge in [0.15, 0.2) is 0 Å². The number of alkyl carbamates (subject to hydrolysis) is 1. The number of carbonyl (C=O) groups excluding carboxylic acids is 2. The fraction of sp³-hybridized carbons (Fsp3) is 0.750. The van der Waals surface area contributed by atoms with Crippen molar-refractivity contribution in [3.05, 3.63) is 0 Å². The van der Waals surface area contributed by atoms with E-state index < -0.39 is 6.09 Å². The first-order valence-electron chi connectivity index (χ1n) is 4.17. The molecule has 1 N–H and O–H groups in total. The first kappa shape index (κ1) is 11.7. The number of nitrogens with zero attached hydrogens (tertiary/aromatic N) is 1. The standard InChI is InChI=1S/C8H16N2O3/c1-4-5-10(2)7(11)6-9-8(12)13-3/h4-6H2,1-3H3,(H,9,12). The second kappa shape index (κ2) is 6.28. The highest BCUT2D eigenvalue weighted by molar-refractivity contribution is 5.81. The minimum Gasteiger partial charge on any atom is -0.453 e. The van der Waals surface area contributed by atoms with Crippen LogP contribution in [0, 0.1) is 0 Å². The Labute approximate surface area is 78.0 Å². The third-order valence-corrected chi connectivity index (χ3v) is 1.55. The summed E-state index contributed by atoms with van der Waals surface area (Å²) in [6.07, 6.45) is 0.318. The van der Waals surface area contributed by atoms with Crippen molar-refractivity contribution in [2.75, 3.05) is 27.2 Å². The lowest BCUT2D eigenvalue weighted by Gasteiger charge is -2.15. The predicted octanol–water partition coefficient (Wildman–Crippen LogP) is 0.211. The Hall–Kier alpha value is -1.26. The van der Waals surface area contributed by atoms with E-state index in [1.54, 1.807) is 11.9 Å². The Morgan fingerprint density at radius 3 is 2.54 bits per heavy atom. The summed E-state index contributed by atoms with van der Waals surface area (Å²) in [5.74, 6) is -0.118. The molecule has 5 heteroatoms. The molecule has 2 amide bonds. The number of hydrogen-bond donors (Lipinski definition) is 1. The summed E-state index contributed by atoms with van der Waals surface area (Å²) in [5.41, 5.74) is 0. The SMILES string of the molecule is CCCN(C)C(=O)CNC(=O)OC. The minimum absolute atomic E-state index is 0.0107. The molecule has 0 saturated heterocycles. The van der Waals surface area contributed by atoms with Crippen molar-refractivity contribution in [3.8, 4) is 0 Å². The number of rotatable bonds is 4. The summed E-state index contributed by atoms with van der Waals surface area (Å²) in [6, 6.07) is 0. The molecule has 0 heterocycles. The highest BCUT2D eigenvalue weighted by Gasteiger charge is 2.08. The van der Waals surface area contributed by atoms with E-state index in [-0.39, 0.29) is 12.5 Å². The van der Waals surface area contributed by atoms with E-state index in [9.17, 15) is 9.59 Å². The molecule has 0 aromatic rings. The van der Waals surface area contributed by atoms with Crippen LogP contribution in [-0.4, -0.2) is 44.1 Å². The van der Waals surface area contributed by atoms with Gasteiger partial charge in [0.25, 0.3) is 0 Å². The molecule has 0 rings (SSSR count). The van der Waals surface area contributed by atoms with Crippen molar-refractivity contribution < 1.29 is 14.3 Å². The van der Waals surface area contributed by atoms with Gasteiger partial charge in [-0.3, -0.25) is 4.79 Å². The zero-order chi connectivity index (χ0) is 10.3. The lowest BCUT2D eigenvalue weighted by atomic mass is 10.4. The number of ether oxygens (including phenoxy) is 1. The molecule has 5 nitrogen and oxygen atoms in total. The molecule has 0 spiro atoms. The fourth-order valence-electron chi connectivity index (χ4n) is 0.815. The summed E-state index contributed by atoms with van der Waals surface area (Å²) >= 11 is 0. The van der Waals surface area contributed by atoms with Crippen molar-refractivity contribution in [3.63, 3.8) is 0 Å². The van der Waals surface area contributed by atoms with Crippen LogP contribution in [0.15, 0.2) is 0 Å². The number of hydrogen-bond acceptors (Lipinski definition) is 3. The molecule has 0 unspecified atom stereocenters. The van der Waals surface area contributed by atoms with Gasteiger partial charge in [0, 0.05) is 13.6 Å². The summed E-state index contributed by atoms with van der Waals surface area (Å²) in [6.45, 7) is 2.67. The van der Waals surface area contributed by atoms with E-state index in [2.05, 4.69) is 10.1 Å². The Morgan fingerprint density at radius 2 is 2.08 bits per heavy atom. The predicted molar refractivity (Wildman–Crippen MR) is 48.3 cm³/mol. The maximum Gasteiger partial charge on any atom is 0.407 e. The van der Waals surface area contributed by atoms with E-state index >= 15 is 0 Å². The average Bonchev–Trinajstić information content (AvgIpc) is 2.13. The maximum atomic E-state index is 11.2. The molecule has 0 bridgehead atoms. The van der Waals surface area contributed by atoms with Crippen LogP contribution in [0.25, 0.3) is 0 Å². The molecule has 0 aliphatic carbocycles. The van der Waals surface area contributed by atoms with Crippen LogP contribution >= 0.6 is 0 Å². The summed E-state index contributed by atoms with van der Waals surface area (Å²) in [7, 11) is 2.96.